The van der Waals surface area contributed by atoms with Crippen LogP contribution in [0.4, 0.5) is 23.4 Å². The van der Waals surface area contributed by atoms with E-state index in [9.17, 15) is 32.3 Å². The summed E-state index contributed by atoms with van der Waals surface area (Å²) in [5, 5.41) is 13.7. The van der Waals surface area contributed by atoms with Crippen LogP contribution in [0.1, 0.15) is 66.4 Å². The molecule has 3 heterocycles. The molecule has 2 aromatic heterocycles. The van der Waals surface area contributed by atoms with Gasteiger partial charge in [0.2, 0.25) is 0 Å². The number of carbonyl (C=O) groups is 2. The monoisotopic (exact) mass is 512 g/mol. The molecule has 1 saturated heterocycles. The van der Waals surface area contributed by atoms with Crippen LogP contribution in [-0.4, -0.2) is 50.8 Å². The number of carbonyl (C=O) groups excluding carboxylic acids is 2. The minimum atomic E-state index is -3.11. The third-order valence-corrected chi connectivity index (χ3v) is 5.78. The van der Waals surface area contributed by atoms with Gasteiger partial charge in [0.25, 0.3) is 18.3 Å². The van der Waals surface area contributed by atoms with Crippen molar-refractivity contribution in [2.24, 2.45) is 0 Å². The molecular formula is C20H21F4KN4O3S. The molecule has 13 heteroatoms. The van der Waals surface area contributed by atoms with E-state index in [0.29, 0.717) is 11.3 Å². The summed E-state index contributed by atoms with van der Waals surface area (Å²) in [7, 11) is 0. The van der Waals surface area contributed by atoms with Crippen LogP contribution in [-0.2, 0) is 0 Å². The van der Waals surface area contributed by atoms with E-state index >= 15 is 0 Å². The Kier molecular flexibility index (Phi) is 8.73. The number of aromatic carboxylic acids is 1. The first-order chi connectivity index (χ1) is 14.7. The van der Waals surface area contributed by atoms with Gasteiger partial charge < -0.3 is 20.1 Å². The van der Waals surface area contributed by atoms with Crippen LogP contribution >= 0.6 is 11.3 Å². The molecule has 0 aromatic carbocycles. The Labute approximate surface area is 234 Å². The molecule has 1 fully saturated rings. The van der Waals surface area contributed by atoms with Crippen molar-refractivity contribution in [1.29, 1.82) is 0 Å². The second-order valence-corrected chi connectivity index (χ2v) is 9.66. The Morgan fingerprint density at radius 2 is 1.97 bits per heavy atom. The van der Waals surface area contributed by atoms with Crippen LogP contribution in [0.2, 0.25) is 0 Å². The molecule has 1 N–H and O–H groups in total. The van der Waals surface area contributed by atoms with Gasteiger partial charge in [-0.15, -0.1) is 11.3 Å². The number of thiazole rings is 1. The molecule has 0 bridgehead atoms. The van der Waals surface area contributed by atoms with Gasteiger partial charge in [-0.2, -0.15) is 0 Å². The maximum atomic E-state index is 13.9. The average molecular weight is 513 g/mol. The van der Waals surface area contributed by atoms with E-state index < -0.39 is 65.0 Å². The molecular weight excluding hydrogens is 491 g/mol. The number of pyridine rings is 1. The third-order valence-electron chi connectivity index (χ3n) is 4.71. The summed E-state index contributed by atoms with van der Waals surface area (Å²) >= 11 is 0.458. The molecule has 2 aromatic rings. The smallest absolute Gasteiger partial charge is 0.542 e. The van der Waals surface area contributed by atoms with Crippen LogP contribution < -0.4 is 61.8 Å². The first kappa shape index (κ1) is 28.1. The number of carboxylic acid groups (broad SMARTS) is 1. The van der Waals surface area contributed by atoms with Gasteiger partial charge in [-0.05, 0) is 33.8 Å². The Hall–Kier alpha value is -1.12. The number of alkyl halides is 4. The Morgan fingerprint density at radius 3 is 2.45 bits per heavy atom. The number of hydrogen-bond acceptors (Lipinski definition) is 7. The topological polar surface area (TPSA) is 98.2 Å². The number of aromatic nitrogens is 2. The molecule has 1 atom stereocenters. The van der Waals surface area contributed by atoms with Gasteiger partial charge in [0.05, 0.1) is 11.4 Å². The fourth-order valence-electron chi connectivity index (χ4n) is 3.45. The van der Waals surface area contributed by atoms with Crippen LogP contribution in [0.5, 0.6) is 0 Å². The van der Waals surface area contributed by atoms with Gasteiger partial charge >= 0.3 is 51.4 Å². The molecule has 0 radical (unpaired) electrons. The number of rotatable bonds is 5. The minimum Gasteiger partial charge on any atom is -0.542 e. The predicted octanol–water partition coefficient (Wildman–Crippen LogP) is 0.590. The van der Waals surface area contributed by atoms with Crippen molar-refractivity contribution < 1.29 is 83.6 Å². The van der Waals surface area contributed by atoms with Gasteiger partial charge in [-0.25, -0.2) is 27.5 Å². The molecule has 0 spiro atoms. The summed E-state index contributed by atoms with van der Waals surface area (Å²) in [6, 6.07) is 0.259. The summed E-state index contributed by atoms with van der Waals surface area (Å²) in [5.74, 6) is -5.64. The molecule has 1 aliphatic heterocycles. The van der Waals surface area contributed by atoms with E-state index in [0.717, 1.165) is 17.2 Å². The molecule has 1 amide bonds. The number of carboxylic acids is 1. The van der Waals surface area contributed by atoms with Crippen molar-refractivity contribution in [1.82, 2.24) is 14.9 Å². The van der Waals surface area contributed by atoms with E-state index in [2.05, 4.69) is 15.3 Å². The molecule has 0 saturated carbocycles. The first-order valence-electron chi connectivity index (χ1n) is 9.66. The second kappa shape index (κ2) is 10.2. The molecule has 174 valence electrons. The molecule has 3 rings (SSSR count). The van der Waals surface area contributed by atoms with E-state index in [-0.39, 0.29) is 67.6 Å². The van der Waals surface area contributed by atoms with E-state index in [1.165, 1.54) is 6.92 Å². The summed E-state index contributed by atoms with van der Waals surface area (Å²) in [4.78, 5) is 32.9. The molecule has 0 aliphatic carbocycles. The largest absolute Gasteiger partial charge is 1.00 e. The first-order valence-corrected chi connectivity index (χ1v) is 10.5. The quantitative estimate of drug-likeness (QED) is 0.465. The fourth-order valence-corrected chi connectivity index (χ4v) is 4.37. The summed E-state index contributed by atoms with van der Waals surface area (Å²) < 4.78 is 55.4. The van der Waals surface area contributed by atoms with E-state index in [1.54, 1.807) is 0 Å². The van der Waals surface area contributed by atoms with Crippen LogP contribution in [0, 0.1) is 0 Å². The number of nitrogens with zero attached hydrogens (tertiary/aromatic N) is 3. The SMILES string of the molecule is C[C@H]1CC(F)(F)CN1C(=O)c1nc(C(=O)[O-])sc1-c1cnc(NC(C)(C)C)cc1C(F)F.[K+]. The number of likely N-dealkylation sites (tertiary alicyclic amines) is 1. The van der Waals surface area contributed by atoms with E-state index in [1.807, 2.05) is 20.8 Å². The van der Waals surface area contributed by atoms with Crippen LogP contribution in [0.3, 0.4) is 0 Å². The maximum absolute atomic E-state index is 13.9. The van der Waals surface area contributed by atoms with Gasteiger partial charge in [0, 0.05) is 35.3 Å². The van der Waals surface area contributed by atoms with Crippen molar-refractivity contribution in [2.75, 3.05) is 11.9 Å². The van der Waals surface area contributed by atoms with Crippen LogP contribution in [0.15, 0.2) is 12.3 Å². The molecule has 0 unspecified atom stereocenters. The number of amides is 1. The van der Waals surface area contributed by atoms with Crippen molar-refractivity contribution >= 4 is 29.0 Å². The van der Waals surface area contributed by atoms with Gasteiger partial charge in [-0.1, -0.05) is 0 Å². The van der Waals surface area contributed by atoms with Crippen molar-refractivity contribution in [2.45, 2.75) is 58.0 Å². The van der Waals surface area contributed by atoms with Gasteiger partial charge in [-0.3, -0.25) is 4.79 Å². The molecule has 33 heavy (non-hydrogen) atoms. The zero-order chi connectivity index (χ0) is 24.0. The average Bonchev–Trinajstić information content (AvgIpc) is 3.20. The number of anilines is 1. The normalized spacial score (nSPS) is 17.7. The second-order valence-electron chi connectivity index (χ2n) is 8.66. The van der Waals surface area contributed by atoms with Crippen molar-refractivity contribution in [3.05, 3.63) is 28.5 Å². The number of halogens is 4. The summed E-state index contributed by atoms with van der Waals surface area (Å²) in [5.41, 5.74) is -1.68. The fraction of sp³-hybridized carbons (Fsp3) is 0.500. The Morgan fingerprint density at radius 1 is 1.33 bits per heavy atom. The van der Waals surface area contributed by atoms with Gasteiger partial charge in [0.15, 0.2) is 0 Å². The Bertz CT molecular complexity index is 1060. The van der Waals surface area contributed by atoms with Crippen LogP contribution in [0.25, 0.3) is 10.4 Å². The zero-order valence-electron chi connectivity index (χ0n) is 18.7. The van der Waals surface area contributed by atoms with E-state index in [4.69, 9.17) is 0 Å². The van der Waals surface area contributed by atoms with Crippen molar-refractivity contribution in [3.63, 3.8) is 0 Å². The van der Waals surface area contributed by atoms with Gasteiger partial charge in [0.1, 0.15) is 22.5 Å². The number of hydrogen-bond donors (Lipinski definition) is 1. The predicted molar refractivity (Wildman–Crippen MR) is 108 cm³/mol. The number of nitrogens with one attached hydrogen (secondary N) is 1. The standard InChI is InChI=1S/C20H22F4N4O3S.K/c1-9-6-20(23,24)8-28(9)17(29)13-14(32-16(26-13)18(30)31)11-7-25-12(27-19(2,3)4)5-10(11)15(21)22;/h5,7,9,15H,6,8H2,1-4H3,(H,25,27)(H,30,31);/q;+1/p-1/t9-;/m0./s1. The zero-order valence-corrected chi connectivity index (χ0v) is 22.6. The molecule has 7 nitrogen and oxygen atoms in total. The summed E-state index contributed by atoms with van der Waals surface area (Å²) in [6.07, 6.45) is -2.47. The molecule has 1 aliphatic rings. The third kappa shape index (κ3) is 6.51. The van der Waals surface area contributed by atoms with Crippen molar-refractivity contribution in [3.8, 4) is 10.4 Å². The Balaban J connectivity index is 0.00000385. The maximum Gasteiger partial charge on any atom is 1.00 e. The summed E-state index contributed by atoms with van der Waals surface area (Å²) in [6.45, 7) is 5.97. The minimum absolute atomic E-state index is 0.